The van der Waals surface area contributed by atoms with Crippen LogP contribution in [0.2, 0.25) is 0 Å². The maximum absolute atomic E-state index is 5.42. The third-order valence-corrected chi connectivity index (χ3v) is 3.57. The molecule has 96 valence electrons. The number of anilines is 1. The third-order valence-electron chi connectivity index (χ3n) is 3.57. The highest BCUT2D eigenvalue weighted by Gasteiger charge is 2.23. The maximum atomic E-state index is 5.42. The van der Waals surface area contributed by atoms with Gasteiger partial charge in [-0.2, -0.15) is 5.10 Å². The van der Waals surface area contributed by atoms with Crippen LogP contribution in [-0.2, 0) is 11.8 Å². The zero-order chi connectivity index (χ0) is 12.5. The van der Waals surface area contributed by atoms with E-state index in [9.17, 15) is 0 Å². The molecule has 2 aromatic heterocycles. The lowest BCUT2D eigenvalue weighted by atomic mass is 10.0. The van der Waals surface area contributed by atoms with Crippen LogP contribution >= 0.6 is 0 Å². The summed E-state index contributed by atoms with van der Waals surface area (Å²) in [5, 5.41) is 8.63. The molecule has 3 rings (SSSR count). The molecule has 0 amide bonds. The predicted molar refractivity (Wildman–Crippen MR) is 68.3 cm³/mol. The van der Waals surface area contributed by atoms with Crippen molar-refractivity contribution in [3.05, 3.63) is 12.5 Å². The lowest BCUT2D eigenvalue weighted by Gasteiger charge is -2.19. The summed E-state index contributed by atoms with van der Waals surface area (Å²) in [6.07, 6.45) is 4.48. The first-order chi connectivity index (χ1) is 8.75. The number of aryl methyl sites for hydroxylation is 1. The number of nitrogens with zero attached hydrogens (tertiary/aromatic N) is 4. The molecule has 6 nitrogen and oxygen atoms in total. The monoisotopic (exact) mass is 247 g/mol. The first kappa shape index (κ1) is 11.4. The first-order valence-electron chi connectivity index (χ1n) is 6.22. The number of aromatic nitrogens is 4. The molecule has 18 heavy (non-hydrogen) atoms. The summed E-state index contributed by atoms with van der Waals surface area (Å²) in [5.74, 6) is 1.40. The van der Waals surface area contributed by atoms with E-state index in [2.05, 4.69) is 27.3 Å². The van der Waals surface area contributed by atoms with Gasteiger partial charge < -0.3 is 10.1 Å². The Hall–Kier alpha value is -1.69. The molecule has 2 unspecified atom stereocenters. The van der Waals surface area contributed by atoms with E-state index in [1.54, 1.807) is 17.2 Å². The maximum Gasteiger partial charge on any atom is 0.163 e. The first-order valence-corrected chi connectivity index (χ1v) is 6.22. The number of rotatable bonds is 3. The van der Waals surface area contributed by atoms with E-state index in [-0.39, 0.29) is 0 Å². The van der Waals surface area contributed by atoms with Gasteiger partial charge in [-0.25, -0.2) is 9.97 Å². The second-order valence-corrected chi connectivity index (χ2v) is 4.78. The van der Waals surface area contributed by atoms with Crippen molar-refractivity contribution in [2.45, 2.75) is 19.4 Å². The SMILES string of the molecule is CC(Nc1ncnc2c1cnn2C)C1CCOC1. The number of ether oxygens (including phenoxy) is 1. The quantitative estimate of drug-likeness (QED) is 0.883. The van der Waals surface area contributed by atoms with Crippen molar-refractivity contribution < 1.29 is 4.74 Å². The van der Waals surface area contributed by atoms with Crippen LogP contribution < -0.4 is 5.32 Å². The fourth-order valence-electron chi connectivity index (χ4n) is 2.36. The molecule has 3 heterocycles. The van der Waals surface area contributed by atoms with Crippen LogP contribution in [0.15, 0.2) is 12.5 Å². The molecule has 2 aromatic rings. The molecule has 1 saturated heterocycles. The number of hydrogen-bond acceptors (Lipinski definition) is 5. The Labute approximate surface area is 105 Å². The molecule has 2 atom stereocenters. The molecular formula is C12H17N5O. The average Bonchev–Trinajstić information content (AvgIpc) is 3.00. The predicted octanol–water partition coefficient (Wildman–Crippen LogP) is 1.20. The lowest BCUT2D eigenvalue weighted by Crippen LogP contribution is -2.26. The summed E-state index contributed by atoms with van der Waals surface area (Å²) >= 11 is 0. The van der Waals surface area contributed by atoms with E-state index in [4.69, 9.17) is 4.74 Å². The van der Waals surface area contributed by atoms with Gasteiger partial charge in [-0.1, -0.05) is 0 Å². The van der Waals surface area contributed by atoms with Gasteiger partial charge in [-0.3, -0.25) is 4.68 Å². The zero-order valence-electron chi connectivity index (χ0n) is 10.6. The molecular weight excluding hydrogens is 230 g/mol. The summed E-state index contributed by atoms with van der Waals surface area (Å²) in [5.41, 5.74) is 0.849. The normalized spacial score (nSPS) is 21.3. The fourth-order valence-corrected chi connectivity index (χ4v) is 2.36. The highest BCUT2D eigenvalue weighted by atomic mass is 16.5. The highest BCUT2D eigenvalue weighted by molar-refractivity contribution is 5.86. The Kier molecular flexibility index (Phi) is 2.87. The minimum absolute atomic E-state index is 0.339. The van der Waals surface area contributed by atoms with Gasteiger partial charge in [0.25, 0.3) is 0 Å². The van der Waals surface area contributed by atoms with E-state index >= 15 is 0 Å². The van der Waals surface area contributed by atoms with Crippen LogP contribution in [0.25, 0.3) is 11.0 Å². The van der Waals surface area contributed by atoms with Crippen molar-refractivity contribution in [2.75, 3.05) is 18.5 Å². The van der Waals surface area contributed by atoms with Crippen LogP contribution in [0, 0.1) is 5.92 Å². The van der Waals surface area contributed by atoms with Crippen molar-refractivity contribution in [3.8, 4) is 0 Å². The van der Waals surface area contributed by atoms with Gasteiger partial charge in [-0.15, -0.1) is 0 Å². The Morgan fingerprint density at radius 2 is 2.39 bits per heavy atom. The standard InChI is InChI=1S/C12H17N5O/c1-8(9-3-4-18-6-9)16-11-10-5-15-17(2)12(10)14-7-13-11/h5,7-9H,3-4,6H2,1-2H3,(H,13,14,16). The second kappa shape index (κ2) is 4.53. The van der Waals surface area contributed by atoms with Crippen LogP contribution in [0.4, 0.5) is 5.82 Å². The molecule has 6 heteroatoms. The number of hydrogen-bond donors (Lipinski definition) is 1. The Morgan fingerprint density at radius 1 is 1.50 bits per heavy atom. The number of nitrogens with one attached hydrogen (secondary N) is 1. The van der Waals surface area contributed by atoms with Gasteiger partial charge >= 0.3 is 0 Å². The van der Waals surface area contributed by atoms with Gasteiger partial charge in [0.1, 0.15) is 12.1 Å². The summed E-state index contributed by atoms with van der Waals surface area (Å²) in [6.45, 7) is 3.86. The van der Waals surface area contributed by atoms with E-state index in [0.29, 0.717) is 12.0 Å². The highest BCUT2D eigenvalue weighted by Crippen LogP contribution is 2.23. The summed E-state index contributed by atoms with van der Waals surface area (Å²) in [7, 11) is 1.88. The lowest BCUT2D eigenvalue weighted by molar-refractivity contribution is 0.183. The van der Waals surface area contributed by atoms with Crippen LogP contribution in [0.3, 0.4) is 0 Å². The average molecular weight is 247 g/mol. The summed E-state index contributed by atoms with van der Waals surface area (Å²) in [4.78, 5) is 8.55. The zero-order valence-corrected chi connectivity index (χ0v) is 10.6. The molecule has 0 bridgehead atoms. The van der Waals surface area contributed by atoms with Crippen molar-refractivity contribution in [2.24, 2.45) is 13.0 Å². The number of fused-ring (bicyclic) bond motifs is 1. The van der Waals surface area contributed by atoms with Gasteiger partial charge in [0.15, 0.2) is 5.65 Å². The Morgan fingerprint density at radius 3 is 3.17 bits per heavy atom. The van der Waals surface area contributed by atoms with E-state index in [1.165, 1.54) is 0 Å². The second-order valence-electron chi connectivity index (χ2n) is 4.78. The summed E-state index contributed by atoms with van der Waals surface area (Å²) in [6, 6.07) is 0.339. The van der Waals surface area contributed by atoms with Gasteiger partial charge in [-0.05, 0) is 13.3 Å². The topological polar surface area (TPSA) is 64.9 Å². The smallest absolute Gasteiger partial charge is 0.163 e. The van der Waals surface area contributed by atoms with E-state index in [0.717, 1.165) is 36.5 Å². The molecule has 1 N–H and O–H groups in total. The molecule has 0 aromatic carbocycles. The molecule has 1 fully saturated rings. The minimum Gasteiger partial charge on any atom is -0.381 e. The van der Waals surface area contributed by atoms with Gasteiger partial charge in [0.2, 0.25) is 0 Å². The van der Waals surface area contributed by atoms with Crippen LogP contribution in [0.5, 0.6) is 0 Å². The fraction of sp³-hybridized carbons (Fsp3) is 0.583. The van der Waals surface area contributed by atoms with Gasteiger partial charge in [0, 0.05) is 25.6 Å². The van der Waals surface area contributed by atoms with Crippen LogP contribution in [0.1, 0.15) is 13.3 Å². The Bertz CT molecular complexity index is 546. The summed E-state index contributed by atoms with van der Waals surface area (Å²) < 4.78 is 7.17. The molecule has 0 saturated carbocycles. The largest absolute Gasteiger partial charge is 0.381 e. The minimum atomic E-state index is 0.339. The third kappa shape index (κ3) is 1.92. The molecule has 0 spiro atoms. The molecule has 1 aliphatic heterocycles. The van der Waals surface area contributed by atoms with Gasteiger partial charge in [0.05, 0.1) is 18.2 Å². The van der Waals surface area contributed by atoms with Crippen LogP contribution in [-0.4, -0.2) is 39.0 Å². The van der Waals surface area contributed by atoms with E-state index < -0.39 is 0 Å². The molecule has 0 radical (unpaired) electrons. The van der Waals surface area contributed by atoms with E-state index in [1.807, 2.05) is 7.05 Å². The Balaban J connectivity index is 1.85. The molecule has 0 aliphatic carbocycles. The van der Waals surface area contributed by atoms with Crippen molar-refractivity contribution in [3.63, 3.8) is 0 Å². The van der Waals surface area contributed by atoms with Crippen molar-refractivity contribution >= 4 is 16.9 Å². The van der Waals surface area contributed by atoms with Crippen molar-refractivity contribution in [1.82, 2.24) is 19.7 Å². The molecule has 1 aliphatic rings. The van der Waals surface area contributed by atoms with Crippen molar-refractivity contribution in [1.29, 1.82) is 0 Å².